The quantitative estimate of drug-likeness (QED) is 0.535. The van der Waals surface area contributed by atoms with Gasteiger partial charge in [-0.1, -0.05) is 25.1 Å². The first-order valence-electron chi connectivity index (χ1n) is 10.4. The van der Waals surface area contributed by atoms with Crippen molar-refractivity contribution in [2.75, 3.05) is 17.2 Å². The van der Waals surface area contributed by atoms with Crippen LogP contribution < -0.4 is 16.2 Å². The van der Waals surface area contributed by atoms with Gasteiger partial charge in [0.15, 0.2) is 11.6 Å². The first-order valence-corrected chi connectivity index (χ1v) is 10.4. The van der Waals surface area contributed by atoms with Gasteiger partial charge >= 0.3 is 0 Å². The van der Waals surface area contributed by atoms with Gasteiger partial charge in [-0.3, -0.25) is 9.36 Å². The maximum Gasteiger partial charge on any atom is 0.282 e. The number of fused-ring (bicyclic) bond motifs is 1. The fourth-order valence-corrected chi connectivity index (χ4v) is 4.54. The number of hydrogen-bond donors (Lipinski definition) is 1. The molecule has 160 valence electrons. The Kier molecular flexibility index (Phi) is 4.63. The number of aryl methyl sites for hydroxylation is 1. The van der Waals surface area contributed by atoms with Gasteiger partial charge in [-0.15, -0.1) is 0 Å². The van der Waals surface area contributed by atoms with Crippen LogP contribution >= 0.6 is 0 Å². The Morgan fingerprint density at radius 1 is 1.19 bits per heavy atom. The van der Waals surface area contributed by atoms with Crippen LogP contribution in [0.15, 0.2) is 53.7 Å². The summed E-state index contributed by atoms with van der Waals surface area (Å²) in [5.74, 6) is 1.36. The summed E-state index contributed by atoms with van der Waals surface area (Å²) in [4.78, 5) is 24.1. The van der Waals surface area contributed by atoms with Crippen LogP contribution in [-0.2, 0) is 0 Å². The molecule has 0 spiro atoms. The van der Waals surface area contributed by atoms with Gasteiger partial charge in [0.1, 0.15) is 29.3 Å². The fraction of sp³-hybridized carbons (Fsp3) is 0.261. The number of nitrogens with zero attached hydrogens (tertiary/aromatic N) is 7. The lowest BCUT2D eigenvalue weighted by atomic mass is 10.0. The molecule has 1 aromatic carbocycles. The summed E-state index contributed by atoms with van der Waals surface area (Å²) in [5, 5.41) is 14.6. The zero-order valence-corrected chi connectivity index (χ0v) is 17.8. The molecule has 9 heteroatoms. The summed E-state index contributed by atoms with van der Waals surface area (Å²) in [6.07, 6.45) is 4.02. The summed E-state index contributed by atoms with van der Waals surface area (Å²) in [6.45, 7) is 4.68. The molecule has 3 aromatic heterocycles. The molecule has 32 heavy (non-hydrogen) atoms. The molecule has 1 unspecified atom stereocenters. The number of benzene rings is 1. The van der Waals surface area contributed by atoms with Gasteiger partial charge in [0.25, 0.3) is 5.56 Å². The number of rotatable bonds is 3. The van der Waals surface area contributed by atoms with Crippen molar-refractivity contribution in [1.29, 1.82) is 5.26 Å². The summed E-state index contributed by atoms with van der Waals surface area (Å²) in [7, 11) is 0. The van der Waals surface area contributed by atoms with E-state index >= 15 is 0 Å². The monoisotopic (exact) mass is 426 g/mol. The predicted molar refractivity (Wildman–Crippen MR) is 121 cm³/mol. The number of para-hydroxylation sites is 1. The van der Waals surface area contributed by atoms with Crippen LogP contribution in [0.4, 0.5) is 11.6 Å². The SMILES string of the molecule is Cc1ccn2nc([C@@H]3C(C)CCN3c3ncnc(N)c3C#N)n(-c3ccccc3)c(=O)c12. The van der Waals surface area contributed by atoms with E-state index in [2.05, 4.69) is 23.0 Å². The van der Waals surface area contributed by atoms with Crippen molar-refractivity contribution in [1.82, 2.24) is 24.1 Å². The van der Waals surface area contributed by atoms with Crippen LogP contribution in [0.2, 0.25) is 0 Å². The minimum atomic E-state index is -0.281. The maximum atomic E-state index is 13.7. The smallest absolute Gasteiger partial charge is 0.282 e. The summed E-state index contributed by atoms with van der Waals surface area (Å²) >= 11 is 0. The van der Waals surface area contributed by atoms with Crippen molar-refractivity contribution >= 4 is 17.2 Å². The van der Waals surface area contributed by atoms with E-state index in [-0.39, 0.29) is 28.9 Å². The second kappa shape index (κ2) is 7.50. The molecular formula is C23H22N8O. The van der Waals surface area contributed by atoms with Crippen LogP contribution in [-0.4, -0.2) is 30.7 Å². The number of nitrogen functional groups attached to an aromatic ring is 1. The maximum absolute atomic E-state index is 13.7. The van der Waals surface area contributed by atoms with E-state index < -0.39 is 0 Å². The minimum Gasteiger partial charge on any atom is -0.382 e. The second-order valence-corrected chi connectivity index (χ2v) is 8.10. The van der Waals surface area contributed by atoms with Crippen molar-refractivity contribution < 1.29 is 0 Å². The van der Waals surface area contributed by atoms with Crippen molar-refractivity contribution in [2.24, 2.45) is 5.92 Å². The highest BCUT2D eigenvalue weighted by atomic mass is 16.1. The Labute approximate surface area is 184 Å². The summed E-state index contributed by atoms with van der Waals surface area (Å²) in [6, 6.07) is 13.2. The first kappa shape index (κ1) is 19.8. The van der Waals surface area contributed by atoms with E-state index in [1.165, 1.54) is 6.33 Å². The molecule has 2 atom stereocenters. The predicted octanol–water partition coefficient (Wildman–Crippen LogP) is 2.63. The number of aromatic nitrogens is 5. The Morgan fingerprint density at radius 2 is 1.97 bits per heavy atom. The minimum absolute atomic E-state index is 0.134. The van der Waals surface area contributed by atoms with Crippen LogP contribution in [0.25, 0.3) is 11.2 Å². The number of nitrogens with two attached hydrogens (primary N) is 1. The van der Waals surface area contributed by atoms with E-state index in [0.717, 1.165) is 17.7 Å². The average molecular weight is 426 g/mol. The largest absolute Gasteiger partial charge is 0.382 e. The van der Waals surface area contributed by atoms with Gasteiger partial charge in [0, 0.05) is 12.7 Å². The lowest BCUT2D eigenvalue weighted by molar-refractivity contribution is 0.484. The molecular weight excluding hydrogens is 404 g/mol. The van der Waals surface area contributed by atoms with Crippen molar-refractivity contribution in [2.45, 2.75) is 26.3 Å². The number of anilines is 2. The highest BCUT2D eigenvalue weighted by Gasteiger charge is 2.39. The van der Waals surface area contributed by atoms with Crippen molar-refractivity contribution in [3.8, 4) is 11.8 Å². The van der Waals surface area contributed by atoms with Crippen LogP contribution in [0.1, 0.15) is 36.3 Å². The van der Waals surface area contributed by atoms with Crippen LogP contribution in [0, 0.1) is 24.2 Å². The zero-order valence-electron chi connectivity index (χ0n) is 17.8. The molecule has 0 amide bonds. The third kappa shape index (κ3) is 2.92. The number of nitriles is 1. The molecule has 0 aliphatic carbocycles. The molecule has 1 aliphatic heterocycles. The molecule has 1 aliphatic rings. The Bertz CT molecular complexity index is 1420. The molecule has 5 rings (SSSR count). The second-order valence-electron chi connectivity index (χ2n) is 8.10. The van der Waals surface area contributed by atoms with Gasteiger partial charge in [-0.2, -0.15) is 10.4 Å². The van der Waals surface area contributed by atoms with Gasteiger partial charge < -0.3 is 10.6 Å². The van der Waals surface area contributed by atoms with E-state index in [4.69, 9.17) is 10.8 Å². The van der Waals surface area contributed by atoms with Gasteiger partial charge in [0.2, 0.25) is 0 Å². The Hall–Kier alpha value is -4.19. The molecule has 9 nitrogen and oxygen atoms in total. The highest BCUT2D eigenvalue weighted by Crippen LogP contribution is 2.40. The summed E-state index contributed by atoms with van der Waals surface area (Å²) in [5.41, 5.74) is 8.21. The molecule has 0 radical (unpaired) electrons. The first-order chi connectivity index (χ1) is 15.5. The third-order valence-electron chi connectivity index (χ3n) is 6.13. The van der Waals surface area contributed by atoms with E-state index in [1.54, 1.807) is 15.3 Å². The van der Waals surface area contributed by atoms with Crippen LogP contribution in [0.5, 0.6) is 0 Å². The third-order valence-corrected chi connectivity index (χ3v) is 6.13. The molecule has 4 aromatic rings. The molecule has 2 N–H and O–H groups in total. The molecule has 4 heterocycles. The molecule has 1 saturated heterocycles. The highest BCUT2D eigenvalue weighted by molar-refractivity contribution is 5.64. The van der Waals surface area contributed by atoms with Gasteiger partial charge in [-0.25, -0.2) is 14.5 Å². The topological polar surface area (TPSA) is 118 Å². The normalized spacial score (nSPS) is 18.2. The Morgan fingerprint density at radius 3 is 2.72 bits per heavy atom. The molecule has 0 bridgehead atoms. The van der Waals surface area contributed by atoms with Gasteiger partial charge in [0.05, 0.1) is 11.7 Å². The van der Waals surface area contributed by atoms with Crippen molar-refractivity contribution in [3.63, 3.8) is 0 Å². The van der Waals surface area contributed by atoms with Crippen LogP contribution in [0.3, 0.4) is 0 Å². The average Bonchev–Trinajstić information content (AvgIpc) is 3.36. The van der Waals surface area contributed by atoms with Crippen molar-refractivity contribution in [3.05, 3.63) is 76.2 Å². The molecule has 0 saturated carbocycles. The standard InChI is InChI=1S/C23H22N8O/c1-14-8-10-29(21-17(12-24)20(25)26-13-27-21)18(14)22-28-30-11-9-15(2)19(30)23(32)31(22)16-6-4-3-5-7-16/h3-7,9,11,13-14,18H,8,10H2,1-2H3,(H2,25,26,27)/t14?,18-/m0/s1. The van der Waals surface area contributed by atoms with Gasteiger partial charge in [-0.05, 0) is 43.0 Å². The van der Waals surface area contributed by atoms with E-state index in [9.17, 15) is 10.1 Å². The zero-order chi connectivity index (χ0) is 22.4. The number of hydrogen-bond acceptors (Lipinski definition) is 7. The molecule has 1 fully saturated rings. The lowest BCUT2D eigenvalue weighted by Crippen LogP contribution is -2.35. The Balaban J connectivity index is 1.79. The van der Waals surface area contributed by atoms with E-state index in [0.29, 0.717) is 23.7 Å². The van der Waals surface area contributed by atoms with E-state index in [1.807, 2.05) is 48.2 Å². The fourth-order valence-electron chi connectivity index (χ4n) is 4.54. The lowest BCUT2D eigenvalue weighted by Gasteiger charge is -2.29. The summed E-state index contributed by atoms with van der Waals surface area (Å²) < 4.78 is 3.33.